The summed E-state index contributed by atoms with van der Waals surface area (Å²) in [4.78, 5) is 38.0. The number of thioether (sulfide) groups is 1. The Morgan fingerprint density at radius 1 is 1.09 bits per heavy atom. The van der Waals surface area contributed by atoms with Crippen LogP contribution in [0.2, 0.25) is 0 Å². The Morgan fingerprint density at radius 2 is 1.78 bits per heavy atom. The lowest BCUT2D eigenvalue weighted by Crippen LogP contribution is -2.38. The average Bonchev–Trinajstić information content (AvgIpc) is 2.46. The predicted octanol–water partition coefficient (Wildman–Crippen LogP) is 1.21. The summed E-state index contributed by atoms with van der Waals surface area (Å²) in [6.45, 7) is 2.00. The number of nitrogens with zero attached hydrogens (tertiary/aromatic N) is 2. The number of carbonyl (C=O) groups is 3. The molecule has 0 spiro atoms. The van der Waals surface area contributed by atoms with E-state index in [-0.39, 0.29) is 35.8 Å². The fraction of sp³-hybridized carbons (Fsp3) is 0.438. The number of anilines is 1. The number of likely N-dealkylation sites (N-methyl/N-ethyl adjacent to an activating group) is 2. The third kappa shape index (κ3) is 7.19. The van der Waals surface area contributed by atoms with Crippen LogP contribution in [0.5, 0.6) is 0 Å². The summed E-state index contributed by atoms with van der Waals surface area (Å²) < 4.78 is 0. The number of hydrogen-bond donors (Lipinski definition) is 1. The second kappa shape index (κ2) is 9.19. The number of aryl methyl sites for hydroxylation is 1. The first kappa shape index (κ1) is 19.0. The Morgan fingerprint density at radius 3 is 2.39 bits per heavy atom. The smallest absolute Gasteiger partial charge is 0.241 e. The molecule has 0 heterocycles. The van der Waals surface area contributed by atoms with E-state index in [4.69, 9.17) is 0 Å². The summed E-state index contributed by atoms with van der Waals surface area (Å²) in [6.07, 6.45) is 0. The molecule has 0 fully saturated rings. The minimum absolute atomic E-state index is 0.0435. The van der Waals surface area contributed by atoms with Crippen molar-refractivity contribution in [2.45, 2.75) is 6.92 Å². The summed E-state index contributed by atoms with van der Waals surface area (Å²) >= 11 is 1.23. The van der Waals surface area contributed by atoms with E-state index in [0.717, 1.165) is 11.3 Å². The van der Waals surface area contributed by atoms with Crippen LogP contribution in [0, 0.1) is 6.92 Å². The van der Waals surface area contributed by atoms with Gasteiger partial charge in [-0.1, -0.05) is 12.1 Å². The fourth-order valence-corrected chi connectivity index (χ4v) is 2.45. The van der Waals surface area contributed by atoms with Crippen LogP contribution in [-0.2, 0) is 14.4 Å². The number of hydrogen-bond acceptors (Lipinski definition) is 4. The molecular formula is C16H23N3O3S. The van der Waals surface area contributed by atoms with Gasteiger partial charge in [0.15, 0.2) is 0 Å². The van der Waals surface area contributed by atoms with Crippen LogP contribution in [0.25, 0.3) is 0 Å². The van der Waals surface area contributed by atoms with E-state index in [1.54, 1.807) is 21.1 Å². The van der Waals surface area contributed by atoms with Gasteiger partial charge in [0.05, 0.1) is 18.1 Å². The van der Waals surface area contributed by atoms with Crippen molar-refractivity contribution in [1.29, 1.82) is 0 Å². The number of benzene rings is 1. The first-order valence-electron chi connectivity index (χ1n) is 7.18. The Hall–Kier alpha value is -2.02. The zero-order chi connectivity index (χ0) is 17.4. The van der Waals surface area contributed by atoms with Crippen LogP contribution < -0.4 is 5.32 Å². The maximum Gasteiger partial charge on any atom is 0.241 e. The first-order chi connectivity index (χ1) is 10.8. The van der Waals surface area contributed by atoms with E-state index >= 15 is 0 Å². The van der Waals surface area contributed by atoms with E-state index in [0.29, 0.717) is 0 Å². The normalized spacial score (nSPS) is 10.1. The molecule has 0 radical (unpaired) electrons. The van der Waals surface area contributed by atoms with Gasteiger partial charge < -0.3 is 15.1 Å². The van der Waals surface area contributed by atoms with Gasteiger partial charge in [-0.15, -0.1) is 11.8 Å². The molecule has 6 nitrogen and oxygen atoms in total. The lowest BCUT2D eigenvalue weighted by atomic mass is 10.2. The summed E-state index contributed by atoms with van der Waals surface area (Å²) in [5.74, 6) is -0.106. The van der Waals surface area contributed by atoms with Gasteiger partial charge in [-0.2, -0.15) is 0 Å². The third-order valence-electron chi connectivity index (χ3n) is 3.06. The van der Waals surface area contributed by atoms with Crippen molar-refractivity contribution in [3.05, 3.63) is 29.8 Å². The van der Waals surface area contributed by atoms with Crippen molar-refractivity contribution in [3.63, 3.8) is 0 Å². The molecule has 0 bridgehead atoms. The van der Waals surface area contributed by atoms with E-state index in [2.05, 4.69) is 5.32 Å². The van der Waals surface area contributed by atoms with Crippen LogP contribution in [-0.4, -0.2) is 66.7 Å². The lowest BCUT2D eigenvalue weighted by molar-refractivity contribution is -0.136. The van der Waals surface area contributed by atoms with Crippen LogP contribution >= 0.6 is 11.8 Å². The quantitative estimate of drug-likeness (QED) is 0.812. The van der Waals surface area contributed by atoms with Gasteiger partial charge in [0.2, 0.25) is 17.7 Å². The first-order valence-corrected chi connectivity index (χ1v) is 8.33. The molecule has 0 aliphatic carbocycles. The molecule has 0 unspecified atom stereocenters. The molecule has 0 aliphatic rings. The second-order valence-electron chi connectivity index (χ2n) is 5.45. The zero-order valence-corrected chi connectivity index (χ0v) is 14.8. The Labute approximate surface area is 141 Å². The second-order valence-corrected chi connectivity index (χ2v) is 6.43. The summed E-state index contributed by atoms with van der Waals surface area (Å²) in [5, 5.41) is 2.79. The monoisotopic (exact) mass is 337 g/mol. The highest BCUT2D eigenvalue weighted by Crippen LogP contribution is 2.10. The Balaban J connectivity index is 2.31. The molecule has 0 aromatic heterocycles. The van der Waals surface area contributed by atoms with Crippen molar-refractivity contribution in [2.75, 3.05) is 44.5 Å². The van der Waals surface area contributed by atoms with E-state index in [9.17, 15) is 14.4 Å². The molecule has 1 aromatic carbocycles. The predicted molar refractivity (Wildman–Crippen MR) is 93.5 cm³/mol. The molecule has 1 rings (SSSR count). The zero-order valence-electron chi connectivity index (χ0n) is 14.0. The number of nitrogens with one attached hydrogen (secondary N) is 1. The van der Waals surface area contributed by atoms with Gasteiger partial charge in [0, 0.05) is 26.8 Å². The molecule has 0 saturated heterocycles. The molecule has 0 aliphatic heterocycles. The van der Waals surface area contributed by atoms with Crippen LogP contribution in [0.15, 0.2) is 24.3 Å². The molecular weight excluding hydrogens is 314 g/mol. The number of carbonyl (C=O) groups excluding carboxylic acids is 3. The minimum atomic E-state index is -0.173. The molecule has 23 heavy (non-hydrogen) atoms. The molecule has 3 amide bonds. The van der Waals surface area contributed by atoms with E-state index < -0.39 is 0 Å². The summed E-state index contributed by atoms with van der Waals surface area (Å²) in [7, 11) is 4.87. The highest BCUT2D eigenvalue weighted by Gasteiger charge is 2.14. The average molecular weight is 337 g/mol. The highest BCUT2D eigenvalue weighted by atomic mass is 32.2. The molecule has 126 valence electrons. The van der Waals surface area contributed by atoms with E-state index in [1.807, 2.05) is 31.2 Å². The minimum Gasteiger partial charge on any atom is -0.347 e. The van der Waals surface area contributed by atoms with Crippen LogP contribution in [0.4, 0.5) is 5.69 Å². The summed E-state index contributed by atoms with van der Waals surface area (Å²) in [5.41, 5.74) is 1.81. The van der Waals surface area contributed by atoms with Gasteiger partial charge >= 0.3 is 0 Å². The van der Waals surface area contributed by atoms with Crippen molar-refractivity contribution >= 4 is 35.2 Å². The molecule has 7 heteroatoms. The van der Waals surface area contributed by atoms with Gasteiger partial charge in [0.25, 0.3) is 0 Å². The SMILES string of the molecule is Cc1cccc(NC(=O)CSCC(=O)N(C)CC(=O)N(C)C)c1. The van der Waals surface area contributed by atoms with Crippen molar-refractivity contribution in [3.8, 4) is 0 Å². The van der Waals surface area contributed by atoms with Crippen molar-refractivity contribution < 1.29 is 14.4 Å². The van der Waals surface area contributed by atoms with Gasteiger partial charge in [-0.05, 0) is 24.6 Å². The number of rotatable bonds is 7. The Bertz CT molecular complexity index is 575. The van der Waals surface area contributed by atoms with E-state index in [1.165, 1.54) is 21.6 Å². The Kier molecular flexibility index (Phi) is 7.61. The van der Waals surface area contributed by atoms with Gasteiger partial charge in [0.1, 0.15) is 0 Å². The van der Waals surface area contributed by atoms with Gasteiger partial charge in [-0.25, -0.2) is 0 Å². The molecule has 0 atom stereocenters. The van der Waals surface area contributed by atoms with Gasteiger partial charge in [-0.3, -0.25) is 14.4 Å². The molecule has 0 saturated carbocycles. The van der Waals surface area contributed by atoms with Crippen molar-refractivity contribution in [2.24, 2.45) is 0 Å². The molecule has 1 aromatic rings. The largest absolute Gasteiger partial charge is 0.347 e. The third-order valence-corrected chi connectivity index (χ3v) is 3.97. The lowest BCUT2D eigenvalue weighted by Gasteiger charge is -2.19. The maximum atomic E-state index is 11.9. The van der Waals surface area contributed by atoms with Crippen LogP contribution in [0.3, 0.4) is 0 Å². The topological polar surface area (TPSA) is 69.7 Å². The summed E-state index contributed by atoms with van der Waals surface area (Å²) in [6, 6.07) is 7.53. The van der Waals surface area contributed by atoms with Crippen molar-refractivity contribution in [1.82, 2.24) is 9.80 Å². The standard InChI is InChI=1S/C16H23N3O3S/c1-12-6-5-7-13(8-12)17-14(20)10-23-11-16(22)19(4)9-15(21)18(2)3/h5-8H,9-11H2,1-4H3,(H,17,20). The highest BCUT2D eigenvalue weighted by molar-refractivity contribution is 8.00. The number of amides is 3. The van der Waals surface area contributed by atoms with Crippen LogP contribution in [0.1, 0.15) is 5.56 Å². The fourth-order valence-electron chi connectivity index (χ4n) is 1.69. The molecule has 1 N–H and O–H groups in total. The maximum absolute atomic E-state index is 11.9.